The molecule has 1 aliphatic heterocycles. The maximum atomic E-state index is 12.5. The molecular formula is C15H18F3NO2. The third-order valence-corrected chi connectivity index (χ3v) is 3.62. The van der Waals surface area contributed by atoms with Gasteiger partial charge in [-0.3, -0.25) is 9.69 Å². The van der Waals surface area contributed by atoms with Crippen LogP contribution in [-0.4, -0.2) is 42.5 Å². The van der Waals surface area contributed by atoms with Crippen LogP contribution in [0.2, 0.25) is 0 Å². The molecule has 1 aliphatic rings. The fraction of sp³-hybridized carbons (Fsp3) is 0.533. The van der Waals surface area contributed by atoms with Gasteiger partial charge in [0.1, 0.15) is 6.10 Å². The Morgan fingerprint density at radius 3 is 2.43 bits per heavy atom. The number of morpholine rings is 1. The Labute approximate surface area is 121 Å². The Morgan fingerprint density at radius 1 is 1.29 bits per heavy atom. The second-order valence-corrected chi connectivity index (χ2v) is 5.39. The Bertz CT molecular complexity index is 497. The molecule has 0 aliphatic carbocycles. The van der Waals surface area contributed by atoms with E-state index in [2.05, 4.69) is 4.90 Å². The highest BCUT2D eigenvalue weighted by molar-refractivity contribution is 5.99. The minimum absolute atomic E-state index is 0.249. The summed E-state index contributed by atoms with van der Waals surface area (Å²) in [6.45, 7) is 5.75. The van der Waals surface area contributed by atoms with Gasteiger partial charge in [0.25, 0.3) is 0 Å². The smallest absolute Gasteiger partial charge is 0.367 e. The highest BCUT2D eigenvalue weighted by Crippen LogP contribution is 2.29. The van der Waals surface area contributed by atoms with Gasteiger partial charge in [0.05, 0.1) is 12.2 Å². The molecule has 1 heterocycles. The molecule has 0 N–H and O–H groups in total. The number of carbonyl (C=O) groups excluding carboxylic acids is 1. The van der Waals surface area contributed by atoms with Crippen LogP contribution in [0.4, 0.5) is 13.2 Å². The van der Waals surface area contributed by atoms with E-state index in [1.807, 2.05) is 13.8 Å². The van der Waals surface area contributed by atoms with Gasteiger partial charge in [-0.2, -0.15) is 13.2 Å². The predicted octanol–water partition coefficient (Wildman–Crippen LogP) is 3.00. The van der Waals surface area contributed by atoms with Crippen LogP contribution in [-0.2, 0) is 10.9 Å². The quantitative estimate of drug-likeness (QED) is 0.804. The molecule has 1 atom stereocenters. The molecule has 0 amide bonds. The highest BCUT2D eigenvalue weighted by Gasteiger charge is 2.32. The van der Waals surface area contributed by atoms with Crippen molar-refractivity contribution in [1.82, 2.24) is 4.90 Å². The number of halogens is 3. The average Bonchev–Trinajstić information content (AvgIpc) is 2.46. The van der Waals surface area contributed by atoms with Crippen LogP contribution in [0.1, 0.15) is 29.8 Å². The molecule has 0 radical (unpaired) electrons. The molecule has 21 heavy (non-hydrogen) atoms. The molecule has 0 bridgehead atoms. The van der Waals surface area contributed by atoms with Crippen molar-refractivity contribution >= 4 is 5.78 Å². The number of ketones is 1. The van der Waals surface area contributed by atoms with E-state index in [0.29, 0.717) is 19.2 Å². The number of hydrogen-bond acceptors (Lipinski definition) is 3. The van der Waals surface area contributed by atoms with Crippen LogP contribution in [0.5, 0.6) is 0 Å². The summed E-state index contributed by atoms with van der Waals surface area (Å²) in [6, 6.07) is 4.58. The lowest BCUT2D eigenvalue weighted by Gasteiger charge is -2.34. The number of carbonyl (C=O) groups is 1. The van der Waals surface area contributed by atoms with Crippen LogP contribution in [0, 0.1) is 0 Å². The number of ether oxygens (including phenoxy) is 1. The van der Waals surface area contributed by atoms with Crippen LogP contribution in [0.25, 0.3) is 0 Å². The van der Waals surface area contributed by atoms with E-state index >= 15 is 0 Å². The first-order chi connectivity index (χ1) is 9.79. The molecule has 6 heteroatoms. The molecule has 3 nitrogen and oxygen atoms in total. The number of nitrogens with zero attached hydrogens (tertiary/aromatic N) is 1. The lowest BCUT2D eigenvalue weighted by molar-refractivity contribution is -0.137. The lowest BCUT2D eigenvalue weighted by atomic mass is 10.0. The van der Waals surface area contributed by atoms with Gasteiger partial charge in [-0.1, -0.05) is 12.1 Å². The molecule has 1 saturated heterocycles. The maximum Gasteiger partial charge on any atom is 0.416 e. The lowest BCUT2D eigenvalue weighted by Crippen LogP contribution is -2.48. The van der Waals surface area contributed by atoms with E-state index in [1.165, 1.54) is 12.1 Å². The molecule has 2 rings (SSSR count). The number of alkyl halides is 3. The SMILES string of the molecule is CC(C)N1CCOC(C(=O)c2ccc(C(F)(F)F)cc2)C1. The number of Topliss-reactive ketones (excluding diaryl/α,β-unsaturated/α-hetero) is 1. The maximum absolute atomic E-state index is 12.5. The number of hydrogen-bond donors (Lipinski definition) is 0. The van der Waals surface area contributed by atoms with Gasteiger partial charge in [0, 0.05) is 24.7 Å². The van der Waals surface area contributed by atoms with Crippen molar-refractivity contribution in [3.05, 3.63) is 35.4 Å². The normalized spacial score (nSPS) is 20.8. The van der Waals surface area contributed by atoms with Crippen molar-refractivity contribution in [2.75, 3.05) is 19.7 Å². The van der Waals surface area contributed by atoms with Crippen molar-refractivity contribution in [2.45, 2.75) is 32.2 Å². The Hall–Kier alpha value is -1.40. The third kappa shape index (κ3) is 3.83. The highest BCUT2D eigenvalue weighted by atomic mass is 19.4. The van der Waals surface area contributed by atoms with Crippen LogP contribution < -0.4 is 0 Å². The molecule has 1 aromatic rings. The van der Waals surface area contributed by atoms with Crippen LogP contribution >= 0.6 is 0 Å². The van der Waals surface area contributed by atoms with E-state index < -0.39 is 17.8 Å². The topological polar surface area (TPSA) is 29.5 Å². The van der Waals surface area contributed by atoms with Crippen LogP contribution in [0.15, 0.2) is 24.3 Å². The molecule has 0 spiro atoms. The Balaban J connectivity index is 2.09. The molecule has 116 valence electrons. The van der Waals surface area contributed by atoms with Crippen LogP contribution in [0.3, 0.4) is 0 Å². The average molecular weight is 301 g/mol. The summed E-state index contributed by atoms with van der Waals surface area (Å²) in [7, 11) is 0. The zero-order valence-corrected chi connectivity index (χ0v) is 12.0. The van der Waals surface area contributed by atoms with Crippen molar-refractivity contribution in [3.63, 3.8) is 0 Å². The van der Waals surface area contributed by atoms with Crippen molar-refractivity contribution < 1.29 is 22.7 Å². The van der Waals surface area contributed by atoms with Gasteiger partial charge in [0.15, 0.2) is 5.78 Å². The number of rotatable bonds is 3. The van der Waals surface area contributed by atoms with E-state index in [4.69, 9.17) is 4.74 Å². The monoisotopic (exact) mass is 301 g/mol. The zero-order chi connectivity index (χ0) is 15.6. The summed E-state index contributed by atoms with van der Waals surface area (Å²) in [5, 5.41) is 0. The third-order valence-electron chi connectivity index (χ3n) is 3.62. The molecule has 1 fully saturated rings. The zero-order valence-electron chi connectivity index (χ0n) is 12.0. The minimum Gasteiger partial charge on any atom is -0.367 e. The summed E-state index contributed by atoms with van der Waals surface area (Å²) in [4.78, 5) is 14.4. The molecule has 1 aromatic carbocycles. The van der Waals surface area contributed by atoms with Crippen molar-refractivity contribution in [1.29, 1.82) is 0 Å². The van der Waals surface area contributed by atoms with Crippen molar-refractivity contribution in [3.8, 4) is 0 Å². The van der Waals surface area contributed by atoms with Gasteiger partial charge in [-0.25, -0.2) is 0 Å². The number of benzene rings is 1. The summed E-state index contributed by atoms with van der Waals surface area (Å²) in [6.07, 6.45) is -5.00. The standard InChI is InChI=1S/C15H18F3NO2/c1-10(2)19-7-8-21-13(9-19)14(20)11-3-5-12(6-4-11)15(16,17)18/h3-6,10,13H,7-9H2,1-2H3. The van der Waals surface area contributed by atoms with Gasteiger partial charge >= 0.3 is 6.18 Å². The largest absolute Gasteiger partial charge is 0.416 e. The fourth-order valence-corrected chi connectivity index (χ4v) is 2.31. The summed E-state index contributed by atoms with van der Waals surface area (Å²) in [5.74, 6) is -0.269. The second kappa shape index (κ2) is 6.15. The van der Waals surface area contributed by atoms with E-state index in [-0.39, 0.29) is 11.3 Å². The van der Waals surface area contributed by atoms with Crippen molar-refractivity contribution in [2.24, 2.45) is 0 Å². The van der Waals surface area contributed by atoms with Gasteiger partial charge in [-0.15, -0.1) is 0 Å². The van der Waals surface area contributed by atoms with Gasteiger partial charge in [0.2, 0.25) is 0 Å². The summed E-state index contributed by atoms with van der Waals surface area (Å²) < 4.78 is 43.0. The molecule has 0 aromatic heterocycles. The molecule has 1 unspecified atom stereocenters. The van der Waals surface area contributed by atoms with E-state index in [9.17, 15) is 18.0 Å². The van der Waals surface area contributed by atoms with E-state index in [0.717, 1.165) is 18.7 Å². The Morgan fingerprint density at radius 2 is 1.90 bits per heavy atom. The minimum atomic E-state index is -4.39. The predicted molar refractivity (Wildman–Crippen MR) is 72.2 cm³/mol. The van der Waals surface area contributed by atoms with Gasteiger partial charge < -0.3 is 4.74 Å². The summed E-state index contributed by atoms with van der Waals surface area (Å²) in [5.41, 5.74) is -0.508. The Kier molecular flexibility index (Phi) is 4.68. The molecule has 0 saturated carbocycles. The van der Waals surface area contributed by atoms with Gasteiger partial charge in [-0.05, 0) is 26.0 Å². The summed E-state index contributed by atoms with van der Waals surface area (Å²) >= 11 is 0. The first-order valence-electron chi connectivity index (χ1n) is 6.86. The fourth-order valence-electron chi connectivity index (χ4n) is 2.31. The first-order valence-corrected chi connectivity index (χ1v) is 6.86. The second-order valence-electron chi connectivity index (χ2n) is 5.39. The molecular weight excluding hydrogens is 283 g/mol. The van der Waals surface area contributed by atoms with E-state index in [1.54, 1.807) is 0 Å². The first kappa shape index (κ1) is 16.0.